The van der Waals surface area contributed by atoms with Crippen molar-refractivity contribution in [2.75, 3.05) is 0 Å². The molecule has 6 nitrogen and oxygen atoms in total. The Morgan fingerprint density at radius 1 is 0.459 bits per heavy atom. The molecule has 3 heterocycles. The molecule has 0 fully saturated rings. The van der Waals surface area contributed by atoms with Gasteiger partial charge in [-0.2, -0.15) is 0 Å². The van der Waals surface area contributed by atoms with Crippen LogP contribution in [0.3, 0.4) is 0 Å². The van der Waals surface area contributed by atoms with E-state index in [1.165, 1.54) is 24.3 Å². The summed E-state index contributed by atoms with van der Waals surface area (Å²) in [5, 5.41) is 21.6. The first-order valence-corrected chi connectivity index (χ1v) is 13.2. The SMILES string of the molecule is O=[N+]([O-])c1ccc(C#Cc2ccc(-c3ccc(-c4ccc(C#Cc5ccc([N+](=O)[O-])cc5)s4)s3)s2)cc1. The Hall–Kier alpha value is -4.54. The molecule has 0 aliphatic carbocycles. The summed E-state index contributed by atoms with van der Waals surface area (Å²) in [6, 6.07) is 24.7. The summed E-state index contributed by atoms with van der Waals surface area (Å²) in [7, 11) is 0. The van der Waals surface area contributed by atoms with E-state index in [1.807, 2.05) is 12.1 Å². The van der Waals surface area contributed by atoms with Gasteiger partial charge in [0.2, 0.25) is 0 Å². The van der Waals surface area contributed by atoms with Gasteiger partial charge < -0.3 is 0 Å². The van der Waals surface area contributed by atoms with Crippen molar-refractivity contribution in [3.63, 3.8) is 0 Å². The monoisotopic (exact) mass is 538 g/mol. The van der Waals surface area contributed by atoms with E-state index in [4.69, 9.17) is 0 Å². The lowest BCUT2D eigenvalue weighted by atomic mass is 10.2. The predicted octanol–water partition coefficient (Wildman–Crippen LogP) is 7.82. The fraction of sp³-hybridized carbons (Fsp3) is 0. The first-order chi connectivity index (χ1) is 17.9. The van der Waals surface area contributed by atoms with Gasteiger partial charge in [-0.3, -0.25) is 20.2 Å². The fourth-order valence-electron chi connectivity index (χ4n) is 3.28. The molecule has 0 spiro atoms. The lowest BCUT2D eigenvalue weighted by Crippen LogP contribution is -1.86. The lowest BCUT2D eigenvalue weighted by Gasteiger charge is -1.91. The zero-order chi connectivity index (χ0) is 25.8. The highest BCUT2D eigenvalue weighted by Crippen LogP contribution is 2.39. The Labute approximate surface area is 223 Å². The molecule has 0 N–H and O–H groups in total. The maximum atomic E-state index is 10.8. The zero-order valence-corrected chi connectivity index (χ0v) is 21.3. The molecular formula is C28H14N2O4S3. The Kier molecular flexibility index (Phi) is 6.93. The molecule has 2 aromatic carbocycles. The van der Waals surface area contributed by atoms with Gasteiger partial charge in [0.15, 0.2) is 0 Å². The second kappa shape index (κ2) is 10.6. The van der Waals surface area contributed by atoms with Crippen molar-refractivity contribution in [3.05, 3.63) is 126 Å². The van der Waals surface area contributed by atoms with Crippen LogP contribution in [0.4, 0.5) is 11.4 Å². The van der Waals surface area contributed by atoms with Crippen molar-refractivity contribution >= 4 is 45.4 Å². The van der Waals surface area contributed by atoms with Crippen LogP contribution in [0, 0.1) is 43.9 Å². The summed E-state index contributed by atoms with van der Waals surface area (Å²) in [6.45, 7) is 0. The van der Waals surface area contributed by atoms with Crippen LogP contribution in [0.2, 0.25) is 0 Å². The largest absolute Gasteiger partial charge is 0.269 e. The maximum Gasteiger partial charge on any atom is 0.269 e. The third kappa shape index (κ3) is 5.83. The molecule has 0 saturated carbocycles. The Morgan fingerprint density at radius 3 is 1.19 bits per heavy atom. The number of nitrogens with zero attached hydrogens (tertiary/aromatic N) is 2. The Balaban J connectivity index is 1.27. The van der Waals surface area contributed by atoms with Crippen LogP contribution in [0.5, 0.6) is 0 Å². The molecule has 0 radical (unpaired) electrons. The van der Waals surface area contributed by atoms with Crippen molar-refractivity contribution in [1.82, 2.24) is 0 Å². The Bertz CT molecular complexity index is 1610. The van der Waals surface area contributed by atoms with Crippen LogP contribution in [0.1, 0.15) is 20.9 Å². The van der Waals surface area contributed by atoms with Crippen LogP contribution in [0.25, 0.3) is 19.5 Å². The smallest absolute Gasteiger partial charge is 0.258 e. The molecule has 5 aromatic rings. The predicted molar refractivity (Wildman–Crippen MR) is 149 cm³/mol. The van der Waals surface area contributed by atoms with Gasteiger partial charge in [-0.1, -0.05) is 23.7 Å². The van der Waals surface area contributed by atoms with E-state index < -0.39 is 9.85 Å². The van der Waals surface area contributed by atoms with E-state index in [0.717, 1.165) is 40.4 Å². The van der Waals surface area contributed by atoms with Crippen LogP contribution < -0.4 is 0 Å². The first kappa shape index (κ1) is 24.2. The molecule has 0 bridgehead atoms. The maximum absolute atomic E-state index is 10.8. The van der Waals surface area contributed by atoms with Gasteiger partial charge in [-0.05, 0) is 60.7 Å². The molecule has 0 aliphatic rings. The van der Waals surface area contributed by atoms with E-state index in [1.54, 1.807) is 58.3 Å². The van der Waals surface area contributed by atoms with Crippen LogP contribution in [-0.4, -0.2) is 9.85 Å². The normalized spacial score (nSPS) is 10.2. The van der Waals surface area contributed by atoms with Crippen molar-refractivity contribution < 1.29 is 9.85 Å². The highest BCUT2D eigenvalue weighted by molar-refractivity contribution is 7.26. The molecule has 9 heteroatoms. The topological polar surface area (TPSA) is 86.3 Å². The van der Waals surface area contributed by atoms with Gasteiger partial charge in [-0.15, -0.1) is 34.0 Å². The van der Waals surface area contributed by atoms with Gasteiger partial charge in [-0.25, -0.2) is 0 Å². The number of thiophene rings is 3. The van der Waals surface area contributed by atoms with E-state index in [2.05, 4.69) is 47.9 Å². The molecule has 0 saturated heterocycles. The second-order valence-electron chi connectivity index (χ2n) is 7.60. The van der Waals surface area contributed by atoms with E-state index in [0.29, 0.717) is 0 Å². The summed E-state index contributed by atoms with van der Waals surface area (Å²) in [5.74, 6) is 12.4. The molecular weight excluding hydrogens is 525 g/mol. The molecule has 0 amide bonds. The van der Waals surface area contributed by atoms with E-state index in [9.17, 15) is 20.2 Å². The molecule has 0 aliphatic heterocycles. The average Bonchev–Trinajstić information content (AvgIpc) is 3.67. The molecule has 5 rings (SSSR count). The Morgan fingerprint density at radius 2 is 0.811 bits per heavy atom. The minimum absolute atomic E-state index is 0.0480. The van der Waals surface area contributed by atoms with Crippen LogP contribution in [-0.2, 0) is 0 Å². The number of rotatable bonds is 4. The highest BCUT2D eigenvalue weighted by atomic mass is 32.1. The average molecular weight is 539 g/mol. The van der Waals surface area contributed by atoms with Crippen LogP contribution in [0.15, 0.2) is 84.9 Å². The number of hydrogen-bond acceptors (Lipinski definition) is 7. The van der Waals surface area contributed by atoms with Crippen molar-refractivity contribution in [2.45, 2.75) is 0 Å². The lowest BCUT2D eigenvalue weighted by molar-refractivity contribution is -0.385. The van der Waals surface area contributed by atoms with Gasteiger partial charge in [0, 0.05) is 54.9 Å². The van der Waals surface area contributed by atoms with Gasteiger partial charge in [0.25, 0.3) is 11.4 Å². The number of benzene rings is 2. The number of nitro groups is 2. The third-order valence-electron chi connectivity index (χ3n) is 5.12. The minimum atomic E-state index is -0.426. The number of nitro benzene ring substituents is 2. The number of non-ortho nitro benzene ring substituents is 2. The zero-order valence-electron chi connectivity index (χ0n) is 18.8. The van der Waals surface area contributed by atoms with E-state index >= 15 is 0 Å². The highest BCUT2D eigenvalue weighted by Gasteiger charge is 2.09. The number of hydrogen-bond donors (Lipinski definition) is 0. The quantitative estimate of drug-likeness (QED) is 0.133. The molecule has 0 atom stereocenters. The minimum Gasteiger partial charge on any atom is -0.258 e. The van der Waals surface area contributed by atoms with Gasteiger partial charge >= 0.3 is 0 Å². The summed E-state index contributed by atoms with van der Waals surface area (Å²) >= 11 is 4.91. The third-order valence-corrected chi connectivity index (χ3v) is 8.60. The summed E-state index contributed by atoms with van der Waals surface area (Å²) in [4.78, 5) is 27.1. The summed E-state index contributed by atoms with van der Waals surface area (Å²) < 4.78 is 0. The van der Waals surface area contributed by atoms with Crippen molar-refractivity contribution in [2.24, 2.45) is 0 Å². The van der Waals surface area contributed by atoms with Crippen molar-refractivity contribution in [3.8, 4) is 43.2 Å². The summed E-state index contributed by atoms with van der Waals surface area (Å²) in [6.07, 6.45) is 0. The fourth-order valence-corrected chi connectivity index (χ4v) is 6.18. The molecule has 3 aromatic heterocycles. The molecule has 37 heavy (non-hydrogen) atoms. The molecule has 178 valence electrons. The second-order valence-corrected chi connectivity index (χ2v) is 10.9. The first-order valence-electron chi connectivity index (χ1n) is 10.8. The summed E-state index contributed by atoms with van der Waals surface area (Å²) in [5.41, 5.74) is 1.55. The van der Waals surface area contributed by atoms with Gasteiger partial charge in [0.05, 0.1) is 19.6 Å². The standard InChI is InChI=1S/C28H14N2O4S3/c31-29(32)21-7-1-19(2-8-21)5-11-23-13-15-25(35-23)27-17-18-28(37-27)26-16-14-24(36-26)12-6-20-3-9-22(10-4-20)30(33)34/h1-4,7-10,13-18H. The van der Waals surface area contributed by atoms with Crippen molar-refractivity contribution in [1.29, 1.82) is 0 Å². The molecule has 0 unspecified atom stereocenters. The van der Waals surface area contributed by atoms with Crippen LogP contribution >= 0.6 is 34.0 Å². The van der Waals surface area contributed by atoms with E-state index in [-0.39, 0.29) is 11.4 Å². The van der Waals surface area contributed by atoms with Gasteiger partial charge in [0.1, 0.15) is 0 Å².